The molecule has 2 aliphatic rings. The van der Waals surface area contributed by atoms with E-state index in [2.05, 4.69) is 0 Å². The van der Waals surface area contributed by atoms with Crippen molar-refractivity contribution in [1.29, 1.82) is 0 Å². The van der Waals surface area contributed by atoms with E-state index in [1.54, 1.807) is 24.3 Å². The van der Waals surface area contributed by atoms with Crippen LogP contribution in [0.4, 0.5) is 0 Å². The molecule has 5 aromatic rings. The summed E-state index contributed by atoms with van der Waals surface area (Å²) >= 11 is 0. The zero-order valence-electron chi connectivity index (χ0n) is 29.7. The van der Waals surface area contributed by atoms with Crippen molar-refractivity contribution in [3.63, 3.8) is 0 Å². The van der Waals surface area contributed by atoms with Gasteiger partial charge in [-0.2, -0.15) is 0 Å². The highest BCUT2D eigenvalue weighted by Gasteiger charge is 2.37. The first-order valence-corrected chi connectivity index (χ1v) is 26.7. The number of sulfone groups is 6. The predicted molar refractivity (Wildman–Crippen MR) is 210 cm³/mol. The van der Waals surface area contributed by atoms with Crippen LogP contribution in [0.1, 0.15) is 25.7 Å². The first kappa shape index (κ1) is 42.9. The Kier molecular flexibility index (Phi) is 13.1. The van der Waals surface area contributed by atoms with E-state index in [-0.39, 0.29) is 19.6 Å². The summed E-state index contributed by atoms with van der Waals surface area (Å²) < 4.78 is 153. The van der Waals surface area contributed by atoms with Crippen molar-refractivity contribution in [2.75, 3.05) is 23.0 Å². The number of benzene rings is 5. The average Bonchev–Trinajstić information content (AvgIpc) is 3.81. The Morgan fingerprint density at radius 1 is 0.304 bits per heavy atom. The van der Waals surface area contributed by atoms with E-state index in [0.29, 0.717) is 35.1 Å². The van der Waals surface area contributed by atoms with Crippen molar-refractivity contribution in [2.45, 2.75) is 64.8 Å². The minimum Gasteiger partial charge on any atom is -0.229 e. The van der Waals surface area contributed by atoms with E-state index in [0.717, 1.165) is 25.7 Å². The minimum absolute atomic E-state index is 0.309. The summed E-state index contributed by atoms with van der Waals surface area (Å²) in [7, 11) is -23.9. The molecule has 2 aliphatic heterocycles. The van der Waals surface area contributed by atoms with Crippen LogP contribution in [-0.2, 0) is 59.0 Å². The van der Waals surface area contributed by atoms with Gasteiger partial charge >= 0.3 is 0 Å². The third-order valence-electron chi connectivity index (χ3n) is 8.70. The summed E-state index contributed by atoms with van der Waals surface area (Å²) in [5.74, 6) is 1.69. The molecule has 0 aromatic heterocycles. The van der Waals surface area contributed by atoms with Gasteiger partial charge in [0.2, 0.25) is 39.3 Å². The van der Waals surface area contributed by atoms with Gasteiger partial charge in [0.25, 0.3) is 0 Å². The highest BCUT2D eigenvalue weighted by Crippen LogP contribution is 2.39. The molecule has 2 heterocycles. The molecule has 0 aliphatic carbocycles. The normalized spacial score (nSPS) is 16.4. The van der Waals surface area contributed by atoms with Crippen LogP contribution in [0.2, 0.25) is 0 Å². The monoisotopic (exact) mass is 878 g/mol. The van der Waals surface area contributed by atoms with Crippen LogP contribution in [0.3, 0.4) is 0 Å². The Morgan fingerprint density at radius 3 is 0.625 bits per heavy atom. The number of hydrogen-bond donors (Lipinski definition) is 0. The Morgan fingerprint density at radius 2 is 0.482 bits per heavy atom. The third kappa shape index (κ3) is 9.84. The molecule has 298 valence electrons. The van der Waals surface area contributed by atoms with Gasteiger partial charge in [-0.25, -0.2) is 50.5 Å². The van der Waals surface area contributed by atoms with Crippen LogP contribution in [-0.4, -0.2) is 73.5 Å². The fourth-order valence-electron chi connectivity index (χ4n) is 5.76. The van der Waals surface area contributed by atoms with Crippen molar-refractivity contribution in [1.82, 2.24) is 0 Å². The predicted octanol–water partition coefficient (Wildman–Crippen LogP) is 5.41. The first-order valence-electron chi connectivity index (χ1n) is 17.1. The van der Waals surface area contributed by atoms with Gasteiger partial charge in [0, 0.05) is 0 Å². The molecule has 2 saturated heterocycles. The van der Waals surface area contributed by atoms with E-state index in [1.807, 2.05) is 0 Å². The van der Waals surface area contributed by atoms with Crippen LogP contribution in [0.15, 0.2) is 173 Å². The van der Waals surface area contributed by atoms with Crippen molar-refractivity contribution < 1.29 is 50.5 Å². The summed E-state index contributed by atoms with van der Waals surface area (Å²) in [6.45, 7) is 0. The van der Waals surface area contributed by atoms with Crippen LogP contribution >= 0.6 is 0 Å². The lowest BCUT2D eigenvalue weighted by Gasteiger charge is -2.18. The molecule has 56 heavy (non-hydrogen) atoms. The van der Waals surface area contributed by atoms with Gasteiger partial charge < -0.3 is 0 Å². The molecule has 0 unspecified atom stereocenters. The van der Waals surface area contributed by atoms with Crippen molar-refractivity contribution in [3.05, 3.63) is 133 Å². The van der Waals surface area contributed by atoms with Gasteiger partial charge in [0.05, 0.1) is 62.2 Å². The first-order chi connectivity index (χ1) is 26.3. The van der Waals surface area contributed by atoms with Gasteiger partial charge in [0.15, 0.2) is 0 Å². The van der Waals surface area contributed by atoms with Crippen LogP contribution in [0.25, 0.3) is 0 Å². The molecule has 0 saturated carbocycles. The maximum atomic E-state index is 14.0. The summed E-state index contributed by atoms with van der Waals surface area (Å²) in [5.41, 5.74) is 0. The lowest BCUT2D eigenvalue weighted by molar-refractivity contribution is 0.573. The van der Waals surface area contributed by atoms with Crippen molar-refractivity contribution in [3.8, 4) is 0 Å². The maximum absolute atomic E-state index is 14.0. The molecule has 7 rings (SSSR count). The fourth-order valence-corrected chi connectivity index (χ4v) is 15.7. The highest BCUT2D eigenvalue weighted by molar-refractivity contribution is 7.96. The van der Waals surface area contributed by atoms with E-state index in [4.69, 9.17) is 0 Å². The topological polar surface area (TPSA) is 205 Å². The summed E-state index contributed by atoms with van der Waals surface area (Å²) in [5, 5.41) is 0. The van der Waals surface area contributed by atoms with Crippen molar-refractivity contribution in [2.24, 2.45) is 0 Å². The highest BCUT2D eigenvalue weighted by atomic mass is 32.2. The van der Waals surface area contributed by atoms with Crippen LogP contribution < -0.4 is 0 Å². The average molecular weight is 879 g/mol. The maximum Gasteiger partial charge on any atom is 0.207 e. The Hall–Kier alpha value is -4.20. The van der Waals surface area contributed by atoms with Crippen molar-refractivity contribution >= 4 is 59.0 Å². The molecular weight excluding hydrogens is 841 g/mol. The summed E-state index contributed by atoms with van der Waals surface area (Å²) in [6.07, 6.45) is 3.51. The van der Waals surface area contributed by atoms with Crippen LogP contribution in [0, 0.1) is 0 Å². The second kappa shape index (κ2) is 17.1. The van der Waals surface area contributed by atoms with E-state index in [9.17, 15) is 50.5 Å². The molecule has 0 atom stereocenters. The molecule has 0 radical (unpaired) electrons. The molecule has 5 aromatic carbocycles. The Bertz CT molecular complexity index is 2470. The zero-order chi connectivity index (χ0) is 40.8. The summed E-state index contributed by atoms with van der Waals surface area (Å²) in [4.78, 5) is -4.74. The lowest BCUT2D eigenvalue weighted by atomic mass is 10.3. The number of rotatable bonds is 8. The molecule has 12 nitrogen and oxygen atoms in total. The molecule has 0 bridgehead atoms. The van der Waals surface area contributed by atoms with Crippen LogP contribution in [0.5, 0.6) is 0 Å². The smallest absolute Gasteiger partial charge is 0.207 e. The minimum atomic E-state index is -4.69. The molecule has 18 heteroatoms. The molecule has 0 N–H and O–H groups in total. The quantitative estimate of drug-likeness (QED) is 0.192. The Labute approximate surface area is 328 Å². The van der Waals surface area contributed by atoms with E-state index >= 15 is 0 Å². The van der Waals surface area contributed by atoms with Gasteiger partial charge in [0.1, 0.15) is 19.7 Å². The number of hydrogen-bond acceptors (Lipinski definition) is 12. The second-order valence-electron chi connectivity index (χ2n) is 12.7. The third-order valence-corrected chi connectivity index (χ3v) is 19.8. The zero-order valence-corrected chi connectivity index (χ0v) is 34.6. The van der Waals surface area contributed by atoms with E-state index < -0.39 is 78.6 Å². The fraction of sp³-hybridized carbons (Fsp3) is 0.211. The van der Waals surface area contributed by atoms with Gasteiger partial charge in [-0.3, -0.25) is 0 Å². The molecule has 2 fully saturated rings. The van der Waals surface area contributed by atoms with Gasteiger partial charge in [-0.15, -0.1) is 0 Å². The van der Waals surface area contributed by atoms with Gasteiger partial charge in [-0.05, 0) is 86.3 Å². The van der Waals surface area contributed by atoms with E-state index in [1.165, 1.54) is 97.1 Å². The lowest BCUT2D eigenvalue weighted by Crippen LogP contribution is -2.17. The molecular formula is C38H38O12S6. The standard InChI is InChI=1S/C30H22O8S4.2C4H8O2S/c31-39(32,23-13-5-1-6-14-23)27-21-29(41(35,36)25-17-9-3-10-18-25)30(42(37,38)26-19-11-4-12-20-26)22-28(27)40(33,34)24-15-7-2-8-16-24;2*5-7(6)3-1-2-4-7/h1-22H;2*1-4H2. The van der Waals surface area contributed by atoms with Gasteiger partial charge in [-0.1, -0.05) is 72.8 Å². The molecule has 0 spiro atoms. The largest absolute Gasteiger partial charge is 0.229 e. The Balaban J connectivity index is 0.000000357. The second-order valence-corrected chi connectivity index (χ2v) is 25.0. The summed E-state index contributed by atoms with van der Waals surface area (Å²) in [6, 6.07) is 28.7. The molecule has 0 amide bonds. The SMILES string of the molecule is O=S(=O)(c1ccccc1)c1cc(S(=O)(=O)c2ccccc2)c(S(=O)(=O)c2ccccc2)cc1S(=O)(=O)c1ccccc1.O=S1(=O)CCCC1.O=S1(=O)CCCC1.